The van der Waals surface area contributed by atoms with Crippen LogP contribution in [0.5, 0.6) is 0 Å². The number of benzene rings is 1. The zero-order valence-electron chi connectivity index (χ0n) is 11.3. The van der Waals surface area contributed by atoms with E-state index in [0.717, 1.165) is 10.1 Å². The molecular weight excluding hydrogens is 274 g/mol. The predicted octanol–water partition coefficient (Wildman–Crippen LogP) is 3.13. The second-order valence-electron chi connectivity index (χ2n) is 4.79. The molecule has 1 atom stereocenters. The number of carboxylic acid groups (broad SMARTS) is 1. The highest BCUT2D eigenvalue weighted by Crippen LogP contribution is 2.24. The Morgan fingerprint density at radius 2 is 2.10 bits per heavy atom. The molecule has 0 saturated carbocycles. The highest BCUT2D eigenvalue weighted by Gasteiger charge is 2.12. The van der Waals surface area contributed by atoms with E-state index in [2.05, 4.69) is 5.32 Å². The molecule has 4 nitrogen and oxygen atoms in total. The van der Waals surface area contributed by atoms with E-state index < -0.39 is 5.97 Å². The lowest BCUT2D eigenvalue weighted by atomic mass is 10.1. The summed E-state index contributed by atoms with van der Waals surface area (Å²) in [5, 5.41) is 12.7. The number of nitrogens with one attached hydrogen (secondary N) is 1. The van der Waals surface area contributed by atoms with Gasteiger partial charge >= 0.3 is 5.97 Å². The Hall–Kier alpha value is -1.88. The van der Waals surface area contributed by atoms with Gasteiger partial charge in [-0.1, -0.05) is 25.1 Å². The SMILES string of the molecule is CC(CCCNC(=O)c1cc2ccccc2s1)C(=O)O. The largest absolute Gasteiger partial charge is 0.481 e. The molecule has 1 unspecified atom stereocenters. The Kier molecular flexibility index (Phi) is 4.74. The molecule has 0 fully saturated rings. The van der Waals surface area contributed by atoms with Crippen LogP contribution in [0.1, 0.15) is 29.4 Å². The Balaban J connectivity index is 1.84. The molecule has 0 saturated heterocycles. The maximum Gasteiger partial charge on any atom is 0.306 e. The van der Waals surface area contributed by atoms with Gasteiger partial charge in [-0.05, 0) is 30.4 Å². The number of carbonyl (C=O) groups is 2. The molecule has 20 heavy (non-hydrogen) atoms. The number of carboxylic acids is 1. The molecule has 1 aromatic carbocycles. The van der Waals surface area contributed by atoms with Crippen LogP contribution in [0.3, 0.4) is 0 Å². The normalized spacial score (nSPS) is 12.2. The summed E-state index contributed by atoms with van der Waals surface area (Å²) in [6, 6.07) is 9.76. The van der Waals surface area contributed by atoms with Crippen molar-refractivity contribution in [1.82, 2.24) is 5.32 Å². The molecule has 1 heterocycles. The Morgan fingerprint density at radius 3 is 2.80 bits per heavy atom. The lowest BCUT2D eigenvalue weighted by Gasteiger charge is -2.06. The van der Waals surface area contributed by atoms with E-state index in [0.29, 0.717) is 24.3 Å². The highest BCUT2D eigenvalue weighted by molar-refractivity contribution is 7.20. The lowest BCUT2D eigenvalue weighted by molar-refractivity contribution is -0.141. The van der Waals surface area contributed by atoms with Gasteiger partial charge in [-0.2, -0.15) is 0 Å². The molecule has 0 spiro atoms. The summed E-state index contributed by atoms with van der Waals surface area (Å²) >= 11 is 1.47. The molecule has 1 aromatic heterocycles. The molecule has 0 bridgehead atoms. The minimum atomic E-state index is -0.791. The molecule has 5 heteroatoms. The maximum absolute atomic E-state index is 12.0. The van der Waals surface area contributed by atoms with Crippen molar-refractivity contribution in [2.45, 2.75) is 19.8 Å². The standard InChI is InChI=1S/C15H17NO3S/c1-10(15(18)19)5-4-8-16-14(17)13-9-11-6-2-3-7-12(11)20-13/h2-3,6-7,9-10H,4-5,8H2,1H3,(H,16,17)(H,18,19). The van der Waals surface area contributed by atoms with Crippen LogP contribution < -0.4 is 5.32 Å². The van der Waals surface area contributed by atoms with Crippen LogP contribution in [-0.2, 0) is 4.79 Å². The first kappa shape index (κ1) is 14.5. The van der Waals surface area contributed by atoms with Crippen LogP contribution in [0.15, 0.2) is 30.3 Å². The zero-order chi connectivity index (χ0) is 14.5. The van der Waals surface area contributed by atoms with E-state index in [4.69, 9.17) is 5.11 Å². The summed E-state index contributed by atoms with van der Waals surface area (Å²) < 4.78 is 1.09. The number of hydrogen-bond donors (Lipinski definition) is 2. The van der Waals surface area contributed by atoms with Crippen LogP contribution in [0.2, 0.25) is 0 Å². The number of fused-ring (bicyclic) bond motifs is 1. The van der Waals surface area contributed by atoms with Gasteiger partial charge in [-0.15, -0.1) is 11.3 Å². The van der Waals surface area contributed by atoms with Crippen LogP contribution in [0, 0.1) is 5.92 Å². The minimum Gasteiger partial charge on any atom is -0.481 e. The number of hydrogen-bond acceptors (Lipinski definition) is 3. The Bertz CT molecular complexity index is 587. The molecule has 0 aliphatic rings. The third-order valence-corrected chi connectivity index (χ3v) is 4.29. The fraction of sp³-hybridized carbons (Fsp3) is 0.333. The number of aliphatic carboxylic acids is 1. The van der Waals surface area contributed by atoms with Crippen molar-refractivity contribution in [1.29, 1.82) is 0 Å². The van der Waals surface area contributed by atoms with Crippen LogP contribution in [0.4, 0.5) is 0 Å². The number of amides is 1. The maximum atomic E-state index is 12.0. The van der Waals surface area contributed by atoms with E-state index >= 15 is 0 Å². The first-order valence-electron chi connectivity index (χ1n) is 6.57. The van der Waals surface area contributed by atoms with Crippen molar-refractivity contribution < 1.29 is 14.7 Å². The third kappa shape index (κ3) is 3.57. The van der Waals surface area contributed by atoms with E-state index in [1.54, 1.807) is 6.92 Å². The molecule has 2 aromatic rings. The second-order valence-corrected chi connectivity index (χ2v) is 5.87. The van der Waals surface area contributed by atoms with Crippen LogP contribution in [-0.4, -0.2) is 23.5 Å². The first-order chi connectivity index (χ1) is 9.58. The summed E-state index contributed by atoms with van der Waals surface area (Å²) in [4.78, 5) is 23.3. The summed E-state index contributed by atoms with van der Waals surface area (Å²) in [5.74, 6) is -1.24. The van der Waals surface area contributed by atoms with E-state index in [1.807, 2.05) is 30.3 Å². The Morgan fingerprint density at radius 1 is 1.35 bits per heavy atom. The smallest absolute Gasteiger partial charge is 0.306 e. The van der Waals surface area contributed by atoms with Crippen molar-refractivity contribution in [3.63, 3.8) is 0 Å². The topological polar surface area (TPSA) is 66.4 Å². The van der Waals surface area contributed by atoms with Crippen molar-refractivity contribution in [2.75, 3.05) is 6.54 Å². The van der Waals surface area contributed by atoms with Gasteiger partial charge < -0.3 is 10.4 Å². The minimum absolute atomic E-state index is 0.0887. The van der Waals surface area contributed by atoms with Crippen LogP contribution in [0.25, 0.3) is 10.1 Å². The van der Waals surface area contributed by atoms with Crippen molar-refractivity contribution in [3.8, 4) is 0 Å². The average Bonchev–Trinajstić information content (AvgIpc) is 2.86. The van der Waals surface area contributed by atoms with Gasteiger partial charge in [0.25, 0.3) is 5.91 Å². The molecule has 1 amide bonds. The molecule has 0 radical (unpaired) electrons. The van der Waals surface area contributed by atoms with Gasteiger partial charge in [0.15, 0.2) is 0 Å². The van der Waals surface area contributed by atoms with E-state index in [-0.39, 0.29) is 11.8 Å². The first-order valence-corrected chi connectivity index (χ1v) is 7.39. The Labute approximate surface area is 121 Å². The fourth-order valence-corrected chi connectivity index (χ4v) is 2.89. The summed E-state index contributed by atoms with van der Waals surface area (Å²) in [7, 11) is 0. The van der Waals surface area contributed by atoms with E-state index in [1.165, 1.54) is 11.3 Å². The fourth-order valence-electron chi connectivity index (χ4n) is 1.91. The summed E-state index contributed by atoms with van der Waals surface area (Å²) in [6.07, 6.45) is 1.24. The van der Waals surface area contributed by atoms with Gasteiger partial charge in [-0.3, -0.25) is 9.59 Å². The molecule has 0 aliphatic heterocycles. The molecule has 106 valence electrons. The zero-order valence-corrected chi connectivity index (χ0v) is 12.1. The van der Waals surface area contributed by atoms with Gasteiger partial charge in [0.2, 0.25) is 0 Å². The second kappa shape index (κ2) is 6.52. The summed E-state index contributed by atoms with van der Waals surface area (Å²) in [5.41, 5.74) is 0. The van der Waals surface area contributed by atoms with Crippen molar-refractivity contribution in [2.24, 2.45) is 5.92 Å². The quantitative estimate of drug-likeness (QED) is 0.804. The van der Waals surface area contributed by atoms with E-state index in [9.17, 15) is 9.59 Å². The average molecular weight is 291 g/mol. The molecule has 0 aliphatic carbocycles. The van der Waals surface area contributed by atoms with Crippen molar-refractivity contribution in [3.05, 3.63) is 35.2 Å². The molecule has 2 N–H and O–H groups in total. The van der Waals surface area contributed by atoms with Crippen LogP contribution >= 0.6 is 11.3 Å². The van der Waals surface area contributed by atoms with Gasteiger partial charge in [0, 0.05) is 11.2 Å². The van der Waals surface area contributed by atoms with Crippen molar-refractivity contribution >= 4 is 33.3 Å². The molecular formula is C15H17NO3S. The van der Waals surface area contributed by atoms with Gasteiger partial charge in [0.1, 0.15) is 0 Å². The van der Waals surface area contributed by atoms with Gasteiger partial charge in [-0.25, -0.2) is 0 Å². The highest BCUT2D eigenvalue weighted by atomic mass is 32.1. The number of thiophene rings is 1. The number of carbonyl (C=O) groups excluding carboxylic acids is 1. The third-order valence-electron chi connectivity index (χ3n) is 3.17. The molecule has 2 rings (SSSR count). The lowest BCUT2D eigenvalue weighted by Crippen LogP contribution is -2.24. The summed E-state index contributed by atoms with van der Waals surface area (Å²) in [6.45, 7) is 2.18. The number of rotatable bonds is 6. The van der Waals surface area contributed by atoms with Gasteiger partial charge in [0.05, 0.1) is 10.8 Å². The monoisotopic (exact) mass is 291 g/mol. The predicted molar refractivity (Wildman–Crippen MR) is 80.2 cm³/mol.